The SMILES string of the molecule is O=C(Cc1cccc(F)c1)c1ccc(C(F)(F)F)cn1. The molecule has 1 aromatic carbocycles. The van der Waals surface area contributed by atoms with Crippen molar-refractivity contribution in [3.8, 4) is 0 Å². The molecule has 2 rings (SSSR count). The van der Waals surface area contributed by atoms with Gasteiger partial charge in [0.15, 0.2) is 5.78 Å². The van der Waals surface area contributed by atoms with E-state index in [-0.39, 0.29) is 12.1 Å². The van der Waals surface area contributed by atoms with Crippen LogP contribution in [0.25, 0.3) is 0 Å². The van der Waals surface area contributed by atoms with Crippen molar-refractivity contribution in [2.45, 2.75) is 12.6 Å². The molecule has 0 unspecified atom stereocenters. The first kappa shape index (κ1) is 14.2. The molecular formula is C14H9F4NO. The zero-order chi connectivity index (χ0) is 14.8. The molecule has 0 aliphatic rings. The third-order valence-electron chi connectivity index (χ3n) is 2.63. The molecule has 0 bridgehead atoms. The zero-order valence-electron chi connectivity index (χ0n) is 10.1. The number of alkyl halides is 3. The van der Waals surface area contributed by atoms with Gasteiger partial charge in [-0.05, 0) is 29.8 Å². The van der Waals surface area contributed by atoms with Crippen LogP contribution in [0.3, 0.4) is 0 Å². The third kappa shape index (κ3) is 3.40. The summed E-state index contributed by atoms with van der Waals surface area (Å²) in [6.45, 7) is 0. The van der Waals surface area contributed by atoms with Gasteiger partial charge in [0, 0.05) is 12.6 Å². The smallest absolute Gasteiger partial charge is 0.292 e. The molecule has 0 aliphatic heterocycles. The number of hydrogen-bond donors (Lipinski definition) is 0. The number of rotatable bonds is 3. The Labute approximate surface area is 112 Å². The number of ketones is 1. The average molecular weight is 283 g/mol. The second-order valence-electron chi connectivity index (χ2n) is 4.16. The second-order valence-corrected chi connectivity index (χ2v) is 4.16. The number of hydrogen-bond acceptors (Lipinski definition) is 2. The fourth-order valence-corrected chi connectivity index (χ4v) is 1.65. The highest BCUT2D eigenvalue weighted by atomic mass is 19.4. The summed E-state index contributed by atoms with van der Waals surface area (Å²) in [5.74, 6) is -0.944. The van der Waals surface area contributed by atoms with E-state index in [1.165, 1.54) is 18.2 Å². The van der Waals surface area contributed by atoms with Crippen molar-refractivity contribution >= 4 is 5.78 Å². The molecule has 0 aliphatic carbocycles. The Bertz CT molecular complexity index is 620. The van der Waals surface area contributed by atoms with Gasteiger partial charge in [-0.2, -0.15) is 13.2 Å². The van der Waals surface area contributed by atoms with E-state index in [9.17, 15) is 22.4 Å². The van der Waals surface area contributed by atoms with Crippen molar-refractivity contribution in [2.75, 3.05) is 0 Å². The number of carbonyl (C=O) groups excluding carboxylic acids is 1. The molecule has 2 nitrogen and oxygen atoms in total. The van der Waals surface area contributed by atoms with E-state index in [1.807, 2.05) is 0 Å². The summed E-state index contributed by atoms with van der Waals surface area (Å²) in [6, 6.07) is 7.27. The molecular weight excluding hydrogens is 274 g/mol. The topological polar surface area (TPSA) is 30.0 Å². The molecule has 0 atom stereocenters. The third-order valence-corrected chi connectivity index (χ3v) is 2.63. The maximum atomic E-state index is 13.0. The molecule has 0 N–H and O–H groups in total. The largest absolute Gasteiger partial charge is 0.417 e. The van der Waals surface area contributed by atoms with Gasteiger partial charge in [-0.25, -0.2) is 4.39 Å². The van der Waals surface area contributed by atoms with Crippen LogP contribution in [0, 0.1) is 5.82 Å². The van der Waals surface area contributed by atoms with Gasteiger partial charge < -0.3 is 0 Å². The summed E-state index contributed by atoms with van der Waals surface area (Å²) in [5, 5.41) is 0. The fourth-order valence-electron chi connectivity index (χ4n) is 1.65. The fraction of sp³-hybridized carbons (Fsp3) is 0.143. The molecule has 0 saturated heterocycles. The lowest BCUT2D eigenvalue weighted by Crippen LogP contribution is -2.09. The van der Waals surface area contributed by atoms with Crippen LogP contribution in [0.5, 0.6) is 0 Å². The van der Waals surface area contributed by atoms with Crippen LogP contribution >= 0.6 is 0 Å². The van der Waals surface area contributed by atoms with Crippen LogP contribution < -0.4 is 0 Å². The number of carbonyl (C=O) groups is 1. The van der Waals surface area contributed by atoms with Gasteiger partial charge in [-0.15, -0.1) is 0 Å². The number of Topliss-reactive ketones (excluding diaryl/α,β-unsaturated/α-hetero) is 1. The maximum Gasteiger partial charge on any atom is 0.417 e. The first-order chi connectivity index (χ1) is 9.36. The predicted octanol–water partition coefficient (Wildman–Crippen LogP) is 3.66. The van der Waals surface area contributed by atoms with Crippen molar-refractivity contribution in [3.63, 3.8) is 0 Å². The summed E-state index contributed by atoms with van der Waals surface area (Å²) in [7, 11) is 0. The molecule has 1 heterocycles. The Morgan fingerprint density at radius 3 is 2.45 bits per heavy atom. The van der Waals surface area contributed by atoms with Crippen LogP contribution in [-0.2, 0) is 12.6 Å². The Hall–Kier alpha value is -2.24. The molecule has 0 amide bonds. The number of pyridine rings is 1. The van der Waals surface area contributed by atoms with Gasteiger partial charge in [-0.1, -0.05) is 12.1 Å². The van der Waals surface area contributed by atoms with E-state index in [4.69, 9.17) is 0 Å². The predicted molar refractivity (Wildman–Crippen MR) is 63.7 cm³/mol. The van der Waals surface area contributed by atoms with Crippen molar-refractivity contribution in [1.29, 1.82) is 0 Å². The minimum atomic E-state index is -4.49. The van der Waals surface area contributed by atoms with E-state index in [0.717, 1.165) is 12.1 Å². The minimum absolute atomic E-state index is 0.0812. The molecule has 104 valence electrons. The number of benzene rings is 1. The van der Waals surface area contributed by atoms with E-state index in [0.29, 0.717) is 11.8 Å². The summed E-state index contributed by atoms with van der Waals surface area (Å²) in [5.41, 5.74) is -0.557. The summed E-state index contributed by atoms with van der Waals surface area (Å²) < 4.78 is 50.0. The summed E-state index contributed by atoms with van der Waals surface area (Å²) >= 11 is 0. The first-order valence-electron chi connectivity index (χ1n) is 5.67. The standard InChI is InChI=1S/C14H9F4NO/c15-11-3-1-2-9(6-11)7-13(20)12-5-4-10(8-19-12)14(16,17)18/h1-6,8H,7H2. The van der Waals surface area contributed by atoms with E-state index >= 15 is 0 Å². The molecule has 20 heavy (non-hydrogen) atoms. The van der Waals surface area contributed by atoms with Crippen molar-refractivity contribution in [1.82, 2.24) is 4.98 Å². The summed E-state index contributed by atoms with van der Waals surface area (Å²) in [4.78, 5) is 15.3. The van der Waals surface area contributed by atoms with E-state index in [2.05, 4.69) is 4.98 Å². The highest BCUT2D eigenvalue weighted by Crippen LogP contribution is 2.28. The van der Waals surface area contributed by atoms with Crippen LogP contribution in [0.1, 0.15) is 21.6 Å². The number of halogens is 4. The second kappa shape index (κ2) is 5.40. The zero-order valence-corrected chi connectivity index (χ0v) is 10.1. The minimum Gasteiger partial charge on any atom is -0.292 e. The number of nitrogens with zero attached hydrogens (tertiary/aromatic N) is 1. The van der Waals surface area contributed by atoms with Gasteiger partial charge in [0.05, 0.1) is 5.56 Å². The van der Waals surface area contributed by atoms with E-state index in [1.54, 1.807) is 6.07 Å². The van der Waals surface area contributed by atoms with Gasteiger partial charge >= 0.3 is 6.18 Å². The molecule has 0 radical (unpaired) electrons. The molecule has 0 spiro atoms. The van der Waals surface area contributed by atoms with Crippen molar-refractivity contribution in [3.05, 3.63) is 65.2 Å². The van der Waals surface area contributed by atoms with Gasteiger partial charge in [-0.3, -0.25) is 9.78 Å². The maximum absolute atomic E-state index is 13.0. The van der Waals surface area contributed by atoms with Gasteiger partial charge in [0.1, 0.15) is 11.5 Å². The van der Waals surface area contributed by atoms with Crippen molar-refractivity contribution < 1.29 is 22.4 Å². The first-order valence-corrected chi connectivity index (χ1v) is 5.67. The molecule has 1 aromatic heterocycles. The Balaban J connectivity index is 2.14. The highest BCUT2D eigenvalue weighted by Gasteiger charge is 2.30. The van der Waals surface area contributed by atoms with Crippen LogP contribution in [0.4, 0.5) is 17.6 Å². The quantitative estimate of drug-likeness (QED) is 0.635. The Morgan fingerprint density at radius 2 is 1.90 bits per heavy atom. The summed E-state index contributed by atoms with van der Waals surface area (Å²) in [6.07, 6.45) is -3.99. The lowest BCUT2D eigenvalue weighted by molar-refractivity contribution is -0.137. The molecule has 0 saturated carbocycles. The van der Waals surface area contributed by atoms with Gasteiger partial charge in [0.2, 0.25) is 0 Å². The molecule has 0 fully saturated rings. The average Bonchev–Trinajstić information content (AvgIpc) is 2.38. The van der Waals surface area contributed by atoms with Crippen LogP contribution in [0.15, 0.2) is 42.6 Å². The molecule has 2 aromatic rings. The van der Waals surface area contributed by atoms with Crippen molar-refractivity contribution in [2.24, 2.45) is 0 Å². The van der Waals surface area contributed by atoms with Gasteiger partial charge in [0.25, 0.3) is 0 Å². The van der Waals surface area contributed by atoms with E-state index < -0.39 is 23.3 Å². The number of aromatic nitrogens is 1. The normalized spacial score (nSPS) is 11.4. The molecule has 6 heteroatoms. The van der Waals surface area contributed by atoms with Crippen LogP contribution in [0.2, 0.25) is 0 Å². The lowest BCUT2D eigenvalue weighted by Gasteiger charge is -2.06. The monoisotopic (exact) mass is 283 g/mol. The van der Waals surface area contributed by atoms with Crippen LogP contribution in [-0.4, -0.2) is 10.8 Å². The highest BCUT2D eigenvalue weighted by molar-refractivity contribution is 5.95. The Morgan fingerprint density at radius 1 is 1.15 bits per heavy atom. The Kier molecular flexibility index (Phi) is 3.83. The lowest BCUT2D eigenvalue weighted by atomic mass is 10.1.